The normalized spacial score (nSPS) is 10.5. The van der Waals surface area contributed by atoms with Crippen LogP contribution in [0.3, 0.4) is 0 Å². The van der Waals surface area contributed by atoms with Gasteiger partial charge in [0.05, 0.1) is 11.1 Å². The van der Waals surface area contributed by atoms with Crippen molar-refractivity contribution in [1.29, 1.82) is 0 Å². The van der Waals surface area contributed by atoms with E-state index in [9.17, 15) is 10.1 Å². The summed E-state index contributed by atoms with van der Waals surface area (Å²) in [6, 6.07) is 13.5. The van der Waals surface area contributed by atoms with E-state index in [4.69, 9.17) is 11.6 Å². The van der Waals surface area contributed by atoms with Gasteiger partial charge in [-0.05, 0) is 18.2 Å². The topological polar surface area (TPSA) is 73.8 Å². The molecule has 21 heavy (non-hydrogen) atoms. The Balaban J connectivity index is 2.03. The van der Waals surface area contributed by atoms with Crippen molar-refractivity contribution >= 4 is 17.3 Å². The van der Waals surface area contributed by atoms with Crippen LogP contribution in [0.5, 0.6) is 0 Å². The standard InChI is InChI=1S/C14H9ClN4O2/c15-11-7-5-10(6-8-11)12-9-18(17-16-12)13-3-1-2-4-14(13)19(20)21/h1-9H. The third kappa shape index (κ3) is 2.61. The summed E-state index contributed by atoms with van der Waals surface area (Å²) in [5, 5.41) is 19.7. The lowest BCUT2D eigenvalue weighted by Crippen LogP contribution is -2.00. The van der Waals surface area contributed by atoms with E-state index < -0.39 is 4.92 Å². The molecule has 7 heteroatoms. The van der Waals surface area contributed by atoms with Crippen molar-refractivity contribution in [3.8, 4) is 16.9 Å². The van der Waals surface area contributed by atoms with Crippen molar-refractivity contribution in [3.63, 3.8) is 0 Å². The summed E-state index contributed by atoms with van der Waals surface area (Å²) in [5.74, 6) is 0. The lowest BCUT2D eigenvalue weighted by Gasteiger charge is -2.00. The number of hydrogen-bond donors (Lipinski definition) is 0. The van der Waals surface area contributed by atoms with Crippen LogP contribution in [0.1, 0.15) is 0 Å². The highest BCUT2D eigenvalue weighted by molar-refractivity contribution is 6.30. The smallest absolute Gasteiger partial charge is 0.258 e. The third-order valence-electron chi connectivity index (χ3n) is 2.96. The van der Waals surface area contributed by atoms with E-state index in [-0.39, 0.29) is 5.69 Å². The van der Waals surface area contributed by atoms with Gasteiger partial charge in [0.2, 0.25) is 0 Å². The molecular formula is C14H9ClN4O2. The minimum absolute atomic E-state index is 0.0231. The highest BCUT2D eigenvalue weighted by atomic mass is 35.5. The molecular weight excluding hydrogens is 292 g/mol. The second kappa shape index (κ2) is 5.34. The van der Waals surface area contributed by atoms with Crippen LogP contribution in [0, 0.1) is 10.1 Å². The number of hydrogen-bond acceptors (Lipinski definition) is 4. The first-order valence-electron chi connectivity index (χ1n) is 6.07. The van der Waals surface area contributed by atoms with Gasteiger partial charge in [0.25, 0.3) is 5.69 Å². The number of para-hydroxylation sites is 2. The third-order valence-corrected chi connectivity index (χ3v) is 3.21. The van der Waals surface area contributed by atoms with Crippen molar-refractivity contribution in [2.45, 2.75) is 0 Å². The van der Waals surface area contributed by atoms with Crippen LogP contribution in [0.25, 0.3) is 16.9 Å². The van der Waals surface area contributed by atoms with Crippen molar-refractivity contribution in [1.82, 2.24) is 15.0 Å². The molecule has 2 aromatic carbocycles. The summed E-state index contributed by atoms with van der Waals surface area (Å²) in [6.45, 7) is 0. The van der Waals surface area contributed by atoms with Crippen molar-refractivity contribution in [2.24, 2.45) is 0 Å². The quantitative estimate of drug-likeness (QED) is 0.548. The maximum Gasteiger partial charge on any atom is 0.294 e. The summed E-state index contributed by atoms with van der Waals surface area (Å²) >= 11 is 5.84. The lowest BCUT2D eigenvalue weighted by molar-refractivity contribution is -0.384. The molecule has 0 aliphatic carbocycles. The van der Waals surface area contributed by atoms with E-state index in [0.29, 0.717) is 16.4 Å². The largest absolute Gasteiger partial charge is 0.294 e. The zero-order chi connectivity index (χ0) is 14.8. The molecule has 3 rings (SSSR count). The predicted octanol–water partition coefficient (Wildman–Crippen LogP) is 3.50. The van der Waals surface area contributed by atoms with Gasteiger partial charge >= 0.3 is 0 Å². The van der Waals surface area contributed by atoms with Crippen molar-refractivity contribution in [3.05, 3.63) is 69.9 Å². The molecule has 0 saturated heterocycles. The second-order valence-electron chi connectivity index (χ2n) is 4.30. The molecule has 0 spiro atoms. The number of rotatable bonds is 3. The van der Waals surface area contributed by atoms with E-state index in [1.807, 2.05) is 12.1 Å². The van der Waals surface area contributed by atoms with E-state index in [0.717, 1.165) is 5.56 Å². The Kier molecular flexibility index (Phi) is 3.37. The van der Waals surface area contributed by atoms with Crippen LogP contribution in [-0.2, 0) is 0 Å². The molecule has 0 radical (unpaired) electrons. The molecule has 6 nitrogen and oxygen atoms in total. The fourth-order valence-electron chi connectivity index (χ4n) is 1.95. The first-order chi connectivity index (χ1) is 10.1. The molecule has 0 aliphatic heterocycles. The molecule has 0 amide bonds. The molecule has 1 heterocycles. The SMILES string of the molecule is O=[N+]([O-])c1ccccc1-n1cc(-c2ccc(Cl)cc2)nn1. The number of nitro groups is 1. The van der Waals surface area contributed by atoms with Crippen molar-refractivity contribution < 1.29 is 4.92 Å². The Morgan fingerprint density at radius 3 is 2.52 bits per heavy atom. The molecule has 3 aromatic rings. The highest BCUT2D eigenvalue weighted by Gasteiger charge is 2.16. The zero-order valence-electron chi connectivity index (χ0n) is 10.7. The van der Waals surface area contributed by atoms with E-state index in [1.54, 1.807) is 36.5 Å². The second-order valence-corrected chi connectivity index (χ2v) is 4.74. The molecule has 0 saturated carbocycles. The van der Waals surface area contributed by atoms with Crippen LogP contribution in [0.4, 0.5) is 5.69 Å². The summed E-state index contributed by atoms with van der Waals surface area (Å²) < 4.78 is 1.39. The van der Waals surface area contributed by atoms with Crippen LogP contribution in [-0.4, -0.2) is 19.9 Å². The predicted molar refractivity (Wildman–Crippen MR) is 78.5 cm³/mol. The number of nitro benzene ring substituents is 1. The van der Waals surface area contributed by atoms with Gasteiger partial charge in [-0.15, -0.1) is 5.10 Å². The average molecular weight is 301 g/mol. The summed E-state index contributed by atoms with van der Waals surface area (Å²) in [6.07, 6.45) is 1.64. The van der Waals surface area contributed by atoms with Gasteiger partial charge in [-0.2, -0.15) is 0 Å². The summed E-state index contributed by atoms with van der Waals surface area (Å²) in [7, 11) is 0. The molecule has 0 unspecified atom stereocenters. The number of aromatic nitrogens is 3. The van der Waals surface area contributed by atoms with E-state index >= 15 is 0 Å². The van der Waals surface area contributed by atoms with E-state index in [1.165, 1.54) is 10.7 Å². The average Bonchev–Trinajstić information content (AvgIpc) is 2.97. The first-order valence-corrected chi connectivity index (χ1v) is 6.45. The lowest BCUT2D eigenvalue weighted by atomic mass is 10.2. The van der Waals surface area contributed by atoms with E-state index in [2.05, 4.69) is 10.3 Å². The van der Waals surface area contributed by atoms with Gasteiger partial charge in [-0.1, -0.05) is 41.1 Å². The van der Waals surface area contributed by atoms with Gasteiger partial charge in [-0.3, -0.25) is 10.1 Å². The van der Waals surface area contributed by atoms with Gasteiger partial charge in [0, 0.05) is 16.7 Å². The van der Waals surface area contributed by atoms with Crippen LogP contribution in [0.2, 0.25) is 5.02 Å². The Bertz CT molecular complexity index is 799. The van der Waals surface area contributed by atoms with Crippen molar-refractivity contribution in [2.75, 3.05) is 0 Å². The first kappa shape index (κ1) is 13.3. The van der Waals surface area contributed by atoms with Gasteiger partial charge in [-0.25, -0.2) is 4.68 Å². The van der Waals surface area contributed by atoms with Gasteiger partial charge in [0.1, 0.15) is 11.4 Å². The van der Waals surface area contributed by atoms with Crippen LogP contribution in [0.15, 0.2) is 54.7 Å². The number of halogens is 1. The van der Waals surface area contributed by atoms with Gasteiger partial charge < -0.3 is 0 Å². The van der Waals surface area contributed by atoms with Crippen LogP contribution >= 0.6 is 11.6 Å². The number of benzene rings is 2. The minimum Gasteiger partial charge on any atom is -0.258 e. The Labute approximate surface area is 124 Å². The van der Waals surface area contributed by atoms with Crippen LogP contribution < -0.4 is 0 Å². The molecule has 0 bridgehead atoms. The molecule has 0 fully saturated rings. The summed E-state index contributed by atoms with van der Waals surface area (Å²) in [4.78, 5) is 10.6. The monoisotopic (exact) mass is 300 g/mol. The molecule has 0 N–H and O–H groups in total. The Hall–Kier alpha value is -2.73. The molecule has 0 aliphatic rings. The Morgan fingerprint density at radius 1 is 1.10 bits per heavy atom. The maximum atomic E-state index is 11.0. The molecule has 104 valence electrons. The molecule has 0 atom stereocenters. The Morgan fingerprint density at radius 2 is 1.81 bits per heavy atom. The molecule has 1 aromatic heterocycles. The maximum absolute atomic E-state index is 11.0. The fraction of sp³-hybridized carbons (Fsp3) is 0. The summed E-state index contributed by atoms with van der Waals surface area (Å²) in [5.41, 5.74) is 1.80. The van der Waals surface area contributed by atoms with Gasteiger partial charge in [0.15, 0.2) is 0 Å². The zero-order valence-corrected chi connectivity index (χ0v) is 11.4. The number of nitrogens with zero attached hydrogens (tertiary/aromatic N) is 4. The fourth-order valence-corrected chi connectivity index (χ4v) is 2.07. The minimum atomic E-state index is -0.445. The highest BCUT2D eigenvalue weighted by Crippen LogP contribution is 2.24.